The Hall–Kier alpha value is -1.69. The molecule has 0 aromatic heterocycles. The van der Waals surface area contributed by atoms with E-state index in [0.717, 1.165) is 81.5 Å². The van der Waals surface area contributed by atoms with E-state index in [2.05, 4.69) is 35.6 Å². The van der Waals surface area contributed by atoms with Gasteiger partial charge in [-0.05, 0) is 79.9 Å². The van der Waals surface area contributed by atoms with E-state index in [9.17, 15) is 10.0 Å². The SMILES string of the molecule is C[C@]12CCC(=NO[C@H]3CCNC3)C=C1/C(=N\O)C[C@@H]1[C@@H]2CC[C@]2(C)C(=O)CC[C@@H]12. The zero-order valence-corrected chi connectivity index (χ0v) is 17.6. The molecule has 5 aliphatic rings. The third-order valence-corrected chi connectivity index (χ3v) is 8.99. The molecule has 6 atom stereocenters. The predicted molar refractivity (Wildman–Crippen MR) is 111 cm³/mol. The number of Topliss-reactive ketones (excluding diaryl/α,β-unsaturated/α-hetero) is 1. The molecule has 6 heteroatoms. The predicted octanol–water partition coefficient (Wildman–Crippen LogP) is 3.69. The highest BCUT2D eigenvalue weighted by atomic mass is 16.6. The van der Waals surface area contributed by atoms with E-state index in [-0.39, 0.29) is 16.9 Å². The Morgan fingerprint density at radius 3 is 2.72 bits per heavy atom. The van der Waals surface area contributed by atoms with Crippen molar-refractivity contribution in [3.8, 4) is 0 Å². The van der Waals surface area contributed by atoms with Crippen LogP contribution in [-0.4, -0.2) is 41.6 Å². The van der Waals surface area contributed by atoms with Crippen molar-refractivity contribution in [1.29, 1.82) is 0 Å². The van der Waals surface area contributed by atoms with Crippen molar-refractivity contribution in [2.75, 3.05) is 13.1 Å². The third kappa shape index (κ3) is 2.89. The second-order valence-corrected chi connectivity index (χ2v) is 10.3. The summed E-state index contributed by atoms with van der Waals surface area (Å²) in [5.41, 5.74) is 2.73. The number of nitrogens with zero attached hydrogens (tertiary/aromatic N) is 2. The first-order chi connectivity index (χ1) is 14.0. The summed E-state index contributed by atoms with van der Waals surface area (Å²) in [6.45, 7) is 6.38. The quantitative estimate of drug-likeness (QED) is 0.548. The zero-order chi connectivity index (χ0) is 20.2. The normalized spacial score (nSPS) is 47.0. The molecular formula is C23H33N3O3. The van der Waals surface area contributed by atoms with E-state index in [1.807, 2.05) is 0 Å². The van der Waals surface area contributed by atoms with E-state index in [1.165, 1.54) is 0 Å². The van der Waals surface area contributed by atoms with Gasteiger partial charge >= 0.3 is 0 Å². The number of rotatable bonds is 2. The number of allylic oxidation sites excluding steroid dienone is 2. The lowest BCUT2D eigenvalue weighted by Gasteiger charge is -2.56. The van der Waals surface area contributed by atoms with Crippen molar-refractivity contribution in [3.05, 3.63) is 11.6 Å². The standard InChI is InChI=1S/C23H33N3O3/c1-22-8-5-14(26-29-15-7-10-24-13-15)11-19(22)20(25-28)12-16-17-3-4-21(27)23(17,2)9-6-18(16)22/h11,15-18,24,28H,3-10,12-13H2,1-2H3/b25-20-,26-14?/t15-,16-,17-,18-,22+,23-/m0/s1. The highest BCUT2D eigenvalue weighted by Crippen LogP contribution is 2.63. The van der Waals surface area contributed by atoms with Gasteiger partial charge in [-0.15, -0.1) is 0 Å². The Labute approximate surface area is 172 Å². The van der Waals surface area contributed by atoms with Crippen molar-refractivity contribution < 1.29 is 14.8 Å². The second-order valence-electron chi connectivity index (χ2n) is 10.3. The minimum Gasteiger partial charge on any atom is -0.411 e. The highest BCUT2D eigenvalue weighted by molar-refractivity contribution is 6.09. The van der Waals surface area contributed by atoms with Crippen molar-refractivity contribution in [1.82, 2.24) is 5.32 Å². The van der Waals surface area contributed by atoms with Crippen LogP contribution in [0.25, 0.3) is 0 Å². The third-order valence-electron chi connectivity index (χ3n) is 8.99. The number of ketones is 1. The van der Waals surface area contributed by atoms with Gasteiger partial charge in [0.1, 0.15) is 11.9 Å². The average Bonchev–Trinajstić information content (AvgIpc) is 3.34. The fourth-order valence-electron chi connectivity index (χ4n) is 7.22. The first-order valence-electron chi connectivity index (χ1n) is 11.4. The van der Waals surface area contributed by atoms with Crippen molar-refractivity contribution in [3.63, 3.8) is 0 Å². The summed E-state index contributed by atoms with van der Waals surface area (Å²) in [6, 6.07) is 0. The molecule has 0 aromatic carbocycles. The lowest BCUT2D eigenvalue weighted by Crippen LogP contribution is -2.53. The summed E-state index contributed by atoms with van der Waals surface area (Å²) >= 11 is 0. The molecule has 0 radical (unpaired) electrons. The first-order valence-corrected chi connectivity index (χ1v) is 11.4. The maximum absolute atomic E-state index is 12.6. The fourth-order valence-corrected chi connectivity index (χ4v) is 7.22. The van der Waals surface area contributed by atoms with Gasteiger partial charge in [-0.2, -0.15) is 0 Å². The van der Waals surface area contributed by atoms with Crippen LogP contribution in [0.1, 0.15) is 65.2 Å². The first kappa shape index (κ1) is 19.3. The van der Waals surface area contributed by atoms with E-state index < -0.39 is 0 Å². The largest absolute Gasteiger partial charge is 0.411 e. The van der Waals surface area contributed by atoms with E-state index in [4.69, 9.17) is 4.84 Å². The Morgan fingerprint density at radius 1 is 1.14 bits per heavy atom. The van der Waals surface area contributed by atoms with Gasteiger partial charge in [-0.1, -0.05) is 24.2 Å². The van der Waals surface area contributed by atoms with Crippen molar-refractivity contribution in [2.45, 2.75) is 71.3 Å². The van der Waals surface area contributed by atoms with E-state index in [1.54, 1.807) is 0 Å². The summed E-state index contributed by atoms with van der Waals surface area (Å²) in [6.07, 6.45) is 9.77. The van der Waals surface area contributed by atoms with Crippen LogP contribution in [-0.2, 0) is 9.63 Å². The van der Waals surface area contributed by atoms with Gasteiger partial charge in [0.15, 0.2) is 0 Å². The molecule has 5 rings (SSSR count). The van der Waals surface area contributed by atoms with Crippen LogP contribution >= 0.6 is 0 Å². The maximum Gasteiger partial charge on any atom is 0.141 e. The van der Waals surface area contributed by atoms with Gasteiger partial charge in [0, 0.05) is 24.8 Å². The van der Waals surface area contributed by atoms with E-state index >= 15 is 0 Å². The van der Waals surface area contributed by atoms with Crippen LogP contribution in [0.2, 0.25) is 0 Å². The number of hydrogen-bond donors (Lipinski definition) is 2. The molecule has 2 N–H and O–H groups in total. The van der Waals surface area contributed by atoms with Crippen LogP contribution < -0.4 is 5.32 Å². The number of fused-ring (bicyclic) bond motifs is 5. The van der Waals surface area contributed by atoms with Gasteiger partial charge in [0.05, 0.1) is 11.4 Å². The Balaban J connectivity index is 1.44. The molecule has 0 aromatic rings. The van der Waals surface area contributed by atoms with Crippen LogP contribution in [0.5, 0.6) is 0 Å². The van der Waals surface area contributed by atoms with Crippen molar-refractivity contribution in [2.24, 2.45) is 38.9 Å². The van der Waals surface area contributed by atoms with Crippen LogP contribution in [0.15, 0.2) is 22.0 Å². The van der Waals surface area contributed by atoms with Gasteiger partial charge in [-0.3, -0.25) is 4.79 Å². The zero-order valence-electron chi connectivity index (χ0n) is 17.6. The minimum atomic E-state index is -0.163. The number of hydrogen-bond acceptors (Lipinski definition) is 6. The summed E-state index contributed by atoms with van der Waals surface area (Å²) in [7, 11) is 0. The summed E-state index contributed by atoms with van der Waals surface area (Å²) in [5.74, 6) is 1.86. The lowest BCUT2D eigenvalue weighted by atomic mass is 9.47. The number of nitrogens with one attached hydrogen (secondary N) is 1. The molecule has 0 amide bonds. The second kappa shape index (κ2) is 6.93. The van der Waals surface area contributed by atoms with Crippen LogP contribution in [0.4, 0.5) is 0 Å². The van der Waals surface area contributed by atoms with Gasteiger partial charge < -0.3 is 15.4 Å². The summed E-state index contributed by atoms with van der Waals surface area (Å²) in [5, 5.41) is 21.4. The molecule has 0 bridgehead atoms. The molecule has 29 heavy (non-hydrogen) atoms. The molecular weight excluding hydrogens is 366 g/mol. The molecule has 0 spiro atoms. The number of oxime groups is 2. The van der Waals surface area contributed by atoms with E-state index in [0.29, 0.717) is 23.5 Å². The number of carbonyl (C=O) groups is 1. The molecule has 4 fully saturated rings. The summed E-state index contributed by atoms with van der Waals surface area (Å²) < 4.78 is 0. The molecule has 0 unspecified atom stereocenters. The van der Waals surface area contributed by atoms with Crippen LogP contribution in [0.3, 0.4) is 0 Å². The minimum absolute atomic E-state index is 0.00855. The molecule has 1 aliphatic heterocycles. The van der Waals surface area contributed by atoms with Crippen molar-refractivity contribution >= 4 is 17.2 Å². The Bertz CT molecular complexity index is 797. The molecule has 3 saturated carbocycles. The monoisotopic (exact) mass is 399 g/mol. The fraction of sp³-hybridized carbons (Fsp3) is 0.783. The molecule has 158 valence electrons. The topological polar surface area (TPSA) is 83.3 Å². The highest BCUT2D eigenvalue weighted by Gasteiger charge is 2.60. The Kier molecular flexibility index (Phi) is 4.61. The molecule has 1 heterocycles. The summed E-state index contributed by atoms with van der Waals surface area (Å²) in [4.78, 5) is 18.4. The molecule has 4 aliphatic carbocycles. The van der Waals surface area contributed by atoms with Crippen LogP contribution in [0, 0.1) is 28.6 Å². The van der Waals surface area contributed by atoms with Gasteiger partial charge in [-0.25, -0.2) is 0 Å². The maximum atomic E-state index is 12.6. The molecule has 6 nitrogen and oxygen atoms in total. The number of carbonyl (C=O) groups excluding carboxylic acids is 1. The lowest BCUT2D eigenvalue weighted by molar-refractivity contribution is -0.131. The van der Waals surface area contributed by atoms with Gasteiger partial charge in [0.2, 0.25) is 0 Å². The molecule has 1 saturated heterocycles. The van der Waals surface area contributed by atoms with Gasteiger partial charge in [0.25, 0.3) is 0 Å². The smallest absolute Gasteiger partial charge is 0.141 e. The average molecular weight is 400 g/mol. The Morgan fingerprint density at radius 2 is 1.97 bits per heavy atom.